The van der Waals surface area contributed by atoms with Gasteiger partial charge < -0.3 is 19.7 Å². The van der Waals surface area contributed by atoms with E-state index in [4.69, 9.17) is 9.47 Å². The van der Waals surface area contributed by atoms with E-state index in [1.54, 1.807) is 19.1 Å². The van der Waals surface area contributed by atoms with E-state index in [1.807, 2.05) is 38.1 Å². The van der Waals surface area contributed by atoms with Crippen molar-refractivity contribution in [2.45, 2.75) is 53.1 Å². The zero-order valence-corrected chi connectivity index (χ0v) is 25.7. The van der Waals surface area contributed by atoms with E-state index >= 15 is 4.39 Å². The van der Waals surface area contributed by atoms with Crippen LogP contribution in [0.1, 0.15) is 55.1 Å². The molecular weight excluding hydrogens is 547 g/mol. The molecule has 2 aromatic carbocycles. The number of halogens is 1. The number of rotatable bonds is 9. The Morgan fingerprint density at radius 3 is 2.47 bits per heavy atom. The highest BCUT2D eigenvalue weighted by Crippen LogP contribution is 2.35. The fourth-order valence-corrected chi connectivity index (χ4v) is 6.37. The number of morpholine rings is 1. The van der Waals surface area contributed by atoms with E-state index in [1.165, 1.54) is 0 Å². The minimum absolute atomic E-state index is 0.151. The molecule has 2 amide bonds. The molecule has 3 aliphatic rings. The average Bonchev–Trinajstić information content (AvgIpc) is 2.99. The molecule has 230 valence electrons. The second-order valence-corrected chi connectivity index (χ2v) is 11.7. The van der Waals surface area contributed by atoms with Crippen LogP contribution < -0.4 is 10.2 Å². The summed E-state index contributed by atoms with van der Waals surface area (Å²) in [6.45, 7) is 13.7. The SMILES string of the molecule is CCN(c1cc(-c2ccc(CN3CCOCC3)cc2F)cc(C(=O)NCC2C(=O)N=C(C)C=C2C)c1C)C1CCOCC1. The van der Waals surface area contributed by atoms with E-state index in [0.717, 1.165) is 54.9 Å². The van der Waals surface area contributed by atoms with Gasteiger partial charge in [-0.05, 0) is 81.5 Å². The van der Waals surface area contributed by atoms with Gasteiger partial charge in [-0.2, -0.15) is 0 Å². The van der Waals surface area contributed by atoms with Crippen LogP contribution in [0, 0.1) is 18.7 Å². The molecule has 3 aliphatic heterocycles. The Morgan fingerprint density at radius 1 is 1.07 bits per heavy atom. The lowest BCUT2D eigenvalue weighted by Crippen LogP contribution is -2.40. The fraction of sp³-hybridized carbons (Fsp3) is 0.500. The monoisotopic (exact) mass is 590 g/mol. The van der Waals surface area contributed by atoms with Gasteiger partial charge in [0.15, 0.2) is 0 Å². The van der Waals surface area contributed by atoms with Crippen molar-refractivity contribution in [2.75, 3.05) is 57.5 Å². The molecule has 0 aliphatic carbocycles. The van der Waals surface area contributed by atoms with Crippen LogP contribution in [0.4, 0.5) is 10.1 Å². The topological polar surface area (TPSA) is 83.5 Å². The Kier molecular flexibility index (Phi) is 10.1. The van der Waals surface area contributed by atoms with Crippen LogP contribution in [0.5, 0.6) is 0 Å². The lowest BCUT2D eigenvalue weighted by Gasteiger charge is -2.37. The Morgan fingerprint density at radius 2 is 1.79 bits per heavy atom. The van der Waals surface area contributed by atoms with Gasteiger partial charge in [0.2, 0.25) is 0 Å². The number of nitrogens with zero attached hydrogens (tertiary/aromatic N) is 3. The summed E-state index contributed by atoms with van der Waals surface area (Å²) in [5, 5.41) is 2.98. The van der Waals surface area contributed by atoms with E-state index in [9.17, 15) is 9.59 Å². The van der Waals surface area contributed by atoms with E-state index in [0.29, 0.717) is 55.4 Å². The van der Waals surface area contributed by atoms with Crippen molar-refractivity contribution >= 4 is 23.2 Å². The Balaban J connectivity index is 1.47. The van der Waals surface area contributed by atoms with Crippen LogP contribution in [0.2, 0.25) is 0 Å². The number of ether oxygens (including phenoxy) is 2. The zero-order valence-electron chi connectivity index (χ0n) is 25.7. The fourth-order valence-electron chi connectivity index (χ4n) is 6.37. The molecule has 0 saturated carbocycles. The standard InChI is InChI=1S/C34H43FN4O4/c1-5-39(27-8-12-42-13-9-27)32-19-26(28-7-6-25(17-31(28)35)21-38-10-14-43-15-11-38)18-29(24(32)4)33(40)36-20-30-22(2)16-23(3)37-34(30)41/h6-7,16-19,27,30H,5,8-15,20-21H2,1-4H3,(H,36,40). The van der Waals surface area contributed by atoms with Gasteiger partial charge in [0, 0.05) is 74.5 Å². The lowest BCUT2D eigenvalue weighted by atomic mass is 9.93. The molecule has 1 atom stereocenters. The van der Waals surface area contributed by atoms with Gasteiger partial charge in [0.05, 0.1) is 19.1 Å². The summed E-state index contributed by atoms with van der Waals surface area (Å²) in [5.41, 5.74) is 5.77. The number of aliphatic imine (C=N–C) groups is 1. The molecule has 1 unspecified atom stereocenters. The first-order valence-electron chi connectivity index (χ1n) is 15.4. The van der Waals surface area contributed by atoms with Crippen molar-refractivity contribution in [3.63, 3.8) is 0 Å². The molecule has 0 bridgehead atoms. The van der Waals surface area contributed by atoms with Gasteiger partial charge in [0.1, 0.15) is 5.82 Å². The smallest absolute Gasteiger partial charge is 0.254 e. The highest BCUT2D eigenvalue weighted by Gasteiger charge is 2.27. The number of allylic oxidation sites excluding steroid dienone is 1. The third kappa shape index (κ3) is 7.22. The molecule has 0 spiro atoms. The first kappa shape index (κ1) is 31.0. The van der Waals surface area contributed by atoms with Gasteiger partial charge >= 0.3 is 0 Å². The largest absolute Gasteiger partial charge is 0.381 e. The van der Waals surface area contributed by atoms with Crippen LogP contribution in [-0.4, -0.2) is 81.1 Å². The van der Waals surface area contributed by atoms with Crippen molar-refractivity contribution < 1.29 is 23.5 Å². The van der Waals surface area contributed by atoms with Crippen LogP contribution in [0.15, 0.2) is 47.0 Å². The van der Waals surface area contributed by atoms with Crippen molar-refractivity contribution in [3.8, 4) is 11.1 Å². The summed E-state index contributed by atoms with van der Waals surface area (Å²) in [4.78, 5) is 35.0. The summed E-state index contributed by atoms with van der Waals surface area (Å²) in [7, 11) is 0. The summed E-state index contributed by atoms with van der Waals surface area (Å²) in [6, 6.07) is 9.45. The number of hydrogen-bond acceptors (Lipinski definition) is 6. The number of hydrogen-bond donors (Lipinski definition) is 1. The van der Waals surface area contributed by atoms with E-state index < -0.39 is 5.92 Å². The van der Waals surface area contributed by atoms with Crippen LogP contribution >= 0.6 is 0 Å². The maximum Gasteiger partial charge on any atom is 0.254 e. The number of amides is 2. The molecule has 2 fully saturated rings. The van der Waals surface area contributed by atoms with Gasteiger partial charge in [-0.25, -0.2) is 9.38 Å². The van der Waals surface area contributed by atoms with Crippen molar-refractivity contribution in [2.24, 2.45) is 10.9 Å². The average molecular weight is 591 g/mol. The normalized spacial score (nSPS) is 20.0. The predicted octanol–water partition coefficient (Wildman–Crippen LogP) is 4.93. The van der Waals surface area contributed by atoms with Crippen LogP contribution in [0.25, 0.3) is 11.1 Å². The molecular formula is C34H43FN4O4. The molecule has 5 rings (SSSR count). The maximum atomic E-state index is 15.8. The zero-order chi connectivity index (χ0) is 30.5. The molecule has 2 saturated heterocycles. The summed E-state index contributed by atoms with van der Waals surface area (Å²) >= 11 is 0. The van der Waals surface area contributed by atoms with Gasteiger partial charge in [-0.3, -0.25) is 14.5 Å². The minimum atomic E-state index is -0.499. The second kappa shape index (κ2) is 13.9. The summed E-state index contributed by atoms with van der Waals surface area (Å²) in [5.74, 6) is -1.36. The Bertz CT molecular complexity index is 1410. The number of nitrogens with one attached hydrogen (secondary N) is 1. The number of anilines is 1. The quantitative estimate of drug-likeness (QED) is 0.446. The van der Waals surface area contributed by atoms with Crippen molar-refractivity contribution in [1.82, 2.24) is 10.2 Å². The second-order valence-electron chi connectivity index (χ2n) is 11.7. The number of carbonyl (C=O) groups is 2. The minimum Gasteiger partial charge on any atom is -0.381 e. The molecule has 8 nitrogen and oxygen atoms in total. The molecule has 43 heavy (non-hydrogen) atoms. The highest BCUT2D eigenvalue weighted by molar-refractivity contribution is 6.06. The van der Waals surface area contributed by atoms with E-state index in [-0.39, 0.29) is 30.2 Å². The van der Waals surface area contributed by atoms with Gasteiger partial charge in [0.25, 0.3) is 11.8 Å². The van der Waals surface area contributed by atoms with Crippen molar-refractivity contribution in [3.05, 3.63) is 64.5 Å². The van der Waals surface area contributed by atoms with E-state index in [2.05, 4.69) is 27.0 Å². The molecule has 2 aromatic rings. The Hall–Kier alpha value is -3.40. The first-order valence-corrected chi connectivity index (χ1v) is 15.4. The third-order valence-electron chi connectivity index (χ3n) is 8.80. The molecule has 0 aromatic heterocycles. The number of benzene rings is 2. The lowest BCUT2D eigenvalue weighted by molar-refractivity contribution is -0.120. The number of dihydropyridines is 1. The predicted molar refractivity (Wildman–Crippen MR) is 167 cm³/mol. The Labute approximate surface area is 253 Å². The van der Waals surface area contributed by atoms with Crippen LogP contribution in [-0.2, 0) is 20.8 Å². The summed E-state index contributed by atoms with van der Waals surface area (Å²) < 4.78 is 26.8. The van der Waals surface area contributed by atoms with Gasteiger partial charge in [-0.15, -0.1) is 0 Å². The summed E-state index contributed by atoms with van der Waals surface area (Å²) in [6.07, 6.45) is 3.65. The third-order valence-corrected chi connectivity index (χ3v) is 8.80. The highest BCUT2D eigenvalue weighted by atomic mass is 19.1. The first-order chi connectivity index (χ1) is 20.7. The maximum absolute atomic E-state index is 15.8. The van der Waals surface area contributed by atoms with Crippen LogP contribution in [0.3, 0.4) is 0 Å². The van der Waals surface area contributed by atoms with Crippen molar-refractivity contribution in [1.29, 1.82) is 0 Å². The molecule has 1 N–H and O–H groups in total. The number of carbonyl (C=O) groups excluding carboxylic acids is 2. The molecule has 3 heterocycles. The molecule has 0 radical (unpaired) electrons. The van der Waals surface area contributed by atoms with Gasteiger partial charge in [-0.1, -0.05) is 17.7 Å². The molecule has 9 heteroatoms.